The van der Waals surface area contributed by atoms with Gasteiger partial charge in [-0.25, -0.2) is 4.79 Å². The Hall–Kier alpha value is -2.11. The van der Waals surface area contributed by atoms with E-state index in [9.17, 15) is 4.79 Å². The fourth-order valence-corrected chi connectivity index (χ4v) is 8.85. The molecule has 0 N–H and O–H groups in total. The number of nitrogens with zero attached hydrogens (tertiary/aromatic N) is 2. The van der Waals surface area contributed by atoms with E-state index in [1.165, 1.54) is 10.4 Å². The Morgan fingerprint density at radius 3 is 1.93 bits per heavy atom. The molecule has 0 aliphatic carbocycles. The summed E-state index contributed by atoms with van der Waals surface area (Å²) < 4.78 is 5.88. The number of rotatable bonds is 4. The lowest BCUT2D eigenvalue weighted by atomic mass is 10.2. The maximum absolute atomic E-state index is 13.4. The summed E-state index contributed by atoms with van der Waals surface area (Å²) in [6.45, 7) is 14.2. The number of amides is 1. The van der Waals surface area contributed by atoms with Crippen LogP contribution in [0.15, 0.2) is 60.7 Å². The minimum Gasteiger partial charge on any atom is -0.444 e. The first-order chi connectivity index (χ1) is 14.1. The number of hydrogen-bond donors (Lipinski definition) is 0. The molecule has 2 aromatic carbocycles. The highest BCUT2D eigenvalue weighted by molar-refractivity contribution is 7.02. The van der Waals surface area contributed by atoms with Crippen molar-refractivity contribution in [1.29, 1.82) is 0 Å². The van der Waals surface area contributed by atoms with Gasteiger partial charge in [0.05, 0.1) is 6.67 Å². The van der Waals surface area contributed by atoms with E-state index < -0.39 is 13.7 Å². The minimum atomic E-state index is -2.27. The maximum atomic E-state index is 13.4. The topological polar surface area (TPSA) is 32.8 Å². The van der Waals surface area contributed by atoms with Crippen LogP contribution in [0.5, 0.6) is 0 Å². The van der Waals surface area contributed by atoms with Gasteiger partial charge in [-0.1, -0.05) is 77.6 Å². The monoisotopic (exact) mass is 424 g/mol. The Kier molecular flexibility index (Phi) is 6.73. The SMILES string of the molecule is CC(C)N1CCC([Si](C)(c2ccccc2)c2ccccc2)N(C(=O)OC(C)(C)C)C1. The van der Waals surface area contributed by atoms with Gasteiger partial charge in [-0.3, -0.25) is 9.80 Å². The van der Waals surface area contributed by atoms with Crippen LogP contribution in [-0.2, 0) is 4.74 Å². The molecule has 0 saturated carbocycles. The Labute approximate surface area is 182 Å². The van der Waals surface area contributed by atoms with Crippen LogP contribution in [0.3, 0.4) is 0 Å². The van der Waals surface area contributed by atoms with Crippen molar-refractivity contribution in [3.63, 3.8) is 0 Å². The number of benzene rings is 2. The normalized spacial score (nSPS) is 18.5. The summed E-state index contributed by atoms with van der Waals surface area (Å²) in [6.07, 6.45) is 0.743. The van der Waals surface area contributed by atoms with Gasteiger partial charge in [0, 0.05) is 18.3 Å². The third-order valence-electron chi connectivity index (χ3n) is 6.17. The van der Waals surface area contributed by atoms with Gasteiger partial charge in [0.1, 0.15) is 13.7 Å². The zero-order chi connectivity index (χ0) is 21.9. The van der Waals surface area contributed by atoms with Crippen molar-refractivity contribution < 1.29 is 9.53 Å². The largest absolute Gasteiger partial charge is 0.444 e. The summed E-state index contributed by atoms with van der Waals surface area (Å²) in [5.41, 5.74) is -0.383. The van der Waals surface area contributed by atoms with Crippen molar-refractivity contribution in [3.8, 4) is 0 Å². The minimum absolute atomic E-state index is 0.132. The van der Waals surface area contributed by atoms with E-state index in [4.69, 9.17) is 4.74 Å². The van der Waals surface area contributed by atoms with E-state index in [0.717, 1.165) is 13.0 Å². The molecule has 162 valence electrons. The predicted molar refractivity (Wildman–Crippen MR) is 127 cm³/mol. The lowest BCUT2D eigenvalue weighted by molar-refractivity contribution is -0.00993. The van der Waals surface area contributed by atoms with E-state index in [1.807, 2.05) is 25.7 Å². The Bertz CT molecular complexity index is 794. The van der Waals surface area contributed by atoms with Crippen molar-refractivity contribution >= 4 is 24.5 Å². The van der Waals surface area contributed by atoms with Crippen molar-refractivity contribution in [2.75, 3.05) is 13.2 Å². The molecule has 1 amide bonds. The van der Waals surface area contributed by atoms with Crippen LogP contribution in [-0.4, -0.2) is 54.5 Å². The summed E-state index contributed by atoms with van der Waals surface area (Å²) >= 11 is 0. The molecule has 1 heterocycles. The van der Waals surface area contributed by atoms with Crippen LogP contribution < -0.4 is 10.4 Å². The Balaban J connectivity index is 2.09. The molecule has 1 aliphatic heterocycles. The molecule has 0 spiro atoms. The predicted octanol–water partition coefficient (Wildman–Crippen LogP) is 4.10. The van der Waals surface area contributed by atoms with Crippen LogP contribution in [0.1, 0.15) is 41.0 Å². The molecule has 4 nitrogen and oxygen atoms in total. The van der Waals surface area contributed by atoms with Gasteiger partial charge < -0.3 is 4.74 Å². The first-order valence-corrected chi connectivity index (χ1v) is 13.6. The molecular formula is C25H36N2O2Si. The van der Waals surface area contributed by atoms with E-state index in [0.29, 0.717) is 12.7 Å². The van der Waals surface area contributed by atoms with Gasteiger partial charge in [-0.05, 0) is 41.0 Å². The third-order valence-corrected chi connectivity index (χ3v) is 11.2. The van der Waals surface area contributed by atoms with Gasteiger partial charge >= 0.3 is 6.09 Å². The molecule has 1 atom stereocenters. The number of carbonyl (C=O) groups is 1. The quantitative estimate of drug-likeness (QED) is 0.693. The fraction of sp³-hybridized carbons (Fsp3) is 0.480. The molecule has 1 aliphatic rings. The summed E-state index contributed by atoms with van der Waals surface area (Å²) in [5, 5.41) is 2.71. The Morgan fingerprint density at radius 1 is 1.00 bits per heavy atom. The van der Waals surface area contributed by atoms with Crippen LogP contribution in [0, 0.1) is 0 Å². The first kappa shape index (κ1) is 22.6. The standard InChI is InChI=1S/C25H36N2O2Si/c1-20(2)26-18-17-23(27(19-26)24(28)29-25(3,4)5)30(6,21-13-9-7-10-14-21)22-15-11-8-12-16-22/h7-16,20,23H,17-19H2,1-6H3. The number of hydrogen-bond acceptors (Lipinski definition) is 3. The molecule has 0 radical (unpaired) electrons. The Morgan fingerprint density at radius 2 is 1.50 bits per heavy atom. The van der Waals surface area contributed by atoms with Gasteiger partial charge in [-0.2, -0.15) is 0 Å². The van der Waals surface area contributed by atoms with E-state index in [-0.39, 0.29) is 11.8 Å². The second-order valence-corrected chi connectivity index (χ2v) is 14.0. The lowest BCUT2D eigenvalue weighted by Gasteiger charge is -2.49. The molecule has 2 aromatic rings. The molecule has 1 saturated heterocycles. The fourth-order valence-electron chi connectivity index (χ4n) is 4.46. The van der Waals surface area contributed by atoms with Crippen LogP contribution in [0.25, 0.3) is 0 Å². The van der Waals surface area contributed by atoms with Crippen molar-refractivity contribution in [3.05, 3.63) is 60.7 Å². The highest BCUT2D eigenvalue weighted by atomic mass is 28.3. The van der Waals surface area contributed by atoms with Crippen molar-refractivity contribution in [2.45, 2.75) is 64.9 Å². The molecule has 5 heteroatoms. The van der Waals surface area contributed by atoms with Crippen molar-refractivity contribution in [1.82, 2.24) is 9.80 Å². The van der Waals surface area contributed by atoms with E-state index in [1.54, 1.807) is 0 Å². The number of carbonyl (C=O) groups excluding carboxylic acids is 1. The molecule has 30 heavy (non-hydrogen) atoms. The van der Waals surface area contributed by atoms with Gasteiger partial charge in [-0.15, -0.1) is 0 Å². The summed E-state index contributed by atoms with van der Waals surface area (Å²) in [7, 11) is -2.27. The molecule has 1 unspecified atom stereocenters. The summed E-state index contributed by atoms with van der Waals surface area (Å²) in [4.78, 5) is 17.8. The van der Waals surface area contributed by atoms with Crippen LogP contribution in [0.4, 0.5) is 4.79 Å². The lowest BCUT2D eigenvalue weighted by Crippen LogP contribution is -2.73. The average Bonchev–Trinajstić information content (AvgIpc) is 2.72. The molecule has 1 fully saturated rings. The third kappa shape index (κ3) is 4.78. The second kappa shape index (κ2) is 8.94. The molecule has 0 aromatic heterocycles. The zero-order valence-corrected chi connectivity index (χ0v) is 20.3. The second-order valence-electron chi connectivity index (χ2n) is 9.74. The summed E-state index contributed by atoms with van der Waals surface area (Å²) in [6, 6.07) is 21.9. The highest BCUT2D eigenvalue weighted by Crippen LogP contribution is 2.27. The molecule has 0 bridgehead atoms. The van der Waals surface area contributed by atoms with E-state index >= 15 is 0 Å². The maximum Gasteiger partial charge on any atom is 0.411 e. The van der Waals surface area contributed by atoms with Crippen LogP contribution in [0.2, 0.25) is 6.55 Å². The van der Waals surface area contributed by atoms with Gasteiger partial charge in [0.25, 0.3) is 0 Å². The molecular weight excluding hydrogens is 388 g/mol. The highest BCUT2D eigenvalue weighted by Gasteiger charge is 2.48. The van der Waals surface area contributed by atoms with Gasteiger partial charge in [0.15, 0.2) is 0 Å². The average molecular weight is 425 g/mol. The van der Waals surface area contributed by atoms with Gasteiger partial charge in [0.2, 0.25) is 0 Å². The first-order valence-electron chi connectivity index (χ1n) is 11.0. The molecule has 3 rings (SSSR count). The van der Waals surface area contributed by atoms with Crippen LogP contribution >= 0.6 is 0 Å². The summed E-state index contributed by atoms with van der Waals surface area (Å²) in [5.74, 6) is 0. The van der Waals surface area contributed by atoms with E-state index in [2.05, 4.69) is 86.0 Å². The smallest absolute Gasteiger partial charge is 0.411 e. The van der Waals surface area contributed by atoms with Crippen molar-refractivity contribution in [2.24, 2.45) is 0 Å². The number of ether oxygens (including phenoxy) is 1. The zero-order valence-electron chi connectivity index (χ0n) is 19.3.